The molecule has 1 aromatic heterocycles. The van der Waals surface area contributed by atoms with Crippen LogP contribution in [0.1, 0.15) is 12.5 Å². The zero-order valence-electron chi connectivity index (χ0n) is 11.1. The molecule has 0 fully saturated rings. The Hall–Kier alpha value is -2.10. The first-order valence-electron chi connectivity index (χ1n) is 6.70. The molecule has 3 rings (SSSR count). The Morgan fingerprint density at radius 1 is 1.21 bits per heavy atom. The van der Waals surface area contributed by atoms with Gasteiger partial charge in [-0.3, -0.25) is 0 Å². The summed E-state index contributed by atoms with van der Waals surface area (Å²) in [6.07, 6.45) is 4.64. The topological polar surface area (TPSA) is 41.0 Å². The average molecular weight is 254 g/mol. The summed E-state index contributed by atoms with van der Waals surface area (Å²) in [5, 5.41) is 3.26. The number of nitrogens with zero attached hydrogens (tertiary/aromatic N) is 3. The highest BCUT2D eigenvalue weighted by atomic mass is 15.2. The second-order valence-corrected chi connectivity index (χ2v) is 4.87. The van der Waals surface area contributed by atoms with Crippen molar-refractivity contribution in [3.05, 3.63) is 48.3 Å². The summed E-state index contributed by atoms with van der Waals surface area (Å²) in [5.41, 5.74) is 2.82. The Bertz CT molecular complexity index is 541. The third-order valence-corrected chi connectivity index (χ3v) is 3.55. The third kappa shape index (κ3) is 2.52. The van der Waals surface area contributed by atoms with Crippen molar-refractivity contribution in [1.82, 2.24) is 9.97 Å². The van der Waals surface area contributed by atoms with Crippen LogP contribution < -0.4 is 10.2 Å². The first-order valence-corrected chi connectivity index (χ1v) is 6.70. The minimum Gasteiger partial charge on any atom is -0.367 e. The number of rotatable bonds is 4. The third-order valence-electron chi connectivity index (χ3n) is 3.55. The molecule has 1 aliphatic rings. The number of anilines is 2. The van der Waals surface area contributed by atoms with E-state index in [-0.39, 0.29) is 0 Å². The van der Waals surface area contributed by atoms with Crippen molar-refractivity contribution in [3.63, 3.8) is 0 Å². The lowest BCUT2D eigenvalue weighted by atomic mass is 10.1. The number of aromatic nitrogens is 2. The molecule has 98 valence electrons. The molecule has 0 aliphatic carbocycles. The van der Waals surface area contributed by atoms with Crippen LogP contribution in [0, 0.1) is 0 Å². The molecule has 1 N–H and O–H groups in total. The fraction of sp³-hybridized carbons (Fsp3) is 0.333. The van der Waals surface area contributed by atoms with E-state index in [0.29, 0.717) is 12.0 Å². The lowest BCUT2D eigenvalue weighted by Crippen LogP contribution is -2.33. The molecule has 0 amide bonds. The van der Waals surface area contributed by atoms with Gasteiger partial charge in [-0.25, -0.2) is 9.97 Å². The van der Waals surface area contributed by atoms with Gasteiger partial charge in [0.1, 0.15) is 0 Å². The summed E-state index contributed by atoms with van der Waals surface area (Å²) in [6, 6.07) is 11.0. The normalized spacial score (nSPS) is 17.3. The van der Waals surface area contributed by atoms with E-state index in [4.69, 9.17) is 0 Å². The second kappa shape index (κ2) is 5.26. The number of hydrogen-bond acceptors (Lipinski definition) is 4. The van der Waals surface area contributed by atoms with Gasteiger partial charge in [-0.15, -0.1) is 0 Å². The van der Waals surface area contributed by atoms with Crippen LogP contribution in [0.25, 0.3) is 0 Å². The van der Waals surface area contributed by atoms with Crippen molar-refractivity contribution in [2.45, 2.75) is 19.4 Å². The summed E-state index contributed by atoms with van der Waals surface area (Å²) in [5.74, 6) is 0.697. The van der Waals surface area contributed by atoms with Crippen LogP contribution >= 0.6 is 0 Å². The predicted octanol–water partition coefficient (Wildman–Crippen LogP) is 2.34. The second-order valence-electron chi connectivity index (χ2n) is 4.87. The quantitative estimate of drug-likeness (QED) is 0.909. The maximum atomic E-state index is 4.17. The molecular formula is C15H18N4. The molecule has 1 atom stereocenters. The SMILES string of the molecule is CC1Cc2ccccc2N1CCNc1ncccn1. The van der Waals surface area contributed by atoms with Crippen molar-refractivity contribution in [2.24, 2.45) is 0 Å². The summed E-state index contributed by atoms with van der Waals surface area (Å²) in [6.45, 7) is 4.10. The lowest BCUT2D eigenvalue weighted by Gasteiger charge is -2.24. The van der Waals surface area contributed by atoms with E-state index >= 15 is 0 Å². The molecule has 0 spiro atoms. The Kier molecular flexibility index (Phi) is 3.31. The number of para-hydroxylation sites is 1. The minimum absolute atomic E-state index is 0.566. The summed E-state index contributed by atoms with van der Waals surface area (Å²) >= 11 is 0. The molecule has 4 heteroatoms. The van der Waals surface area contributed by atoms with Gasteiger partial charge in [0.25, 0.3) is 0 Å². The Balaban J connectivity index is 1.61. The molecule has 1 unspecified atom stereocenters. The molecule has 4 nitrogen and oxygen atoms in total. The summed E-state index contributed by atoms with van der Waals surface area (Å²) in [7, 11) is 0. The van der Waals surface area contributed by atoms with Gasteiger partial charge in [0.2, 0.25) is 5.95 Å². The van der Waals surface area contributed by atoms with Gasteiger partial charge in [-0.05, 0) is 31.0 Å². The fourth-order valence-corrected chi connectivity index (χ4v) is 2.65. The highest BCUT2D eigenvalue weighted by Gasteiger charge is 2.24. The van der Waals surface area contributed by atoms with Crippen LogP contribution in [0.3, 0.4) is 0 Å². The zero-order valence-corrected chi connectivity index (χ0v) is 11.1. The fourth-order valence-electron chi connectivity index (χ4n) is 2.65. The predicted molar refractivity (Wildman–Crippen MR) is 77.5 cm³/mol. The molecule has 0 bridgehead atoms. The Labute approximate surface area is 113 Å². The molecular weight excluding hydrogens is 236 g/mol. The molecule has 1 aliphatic heterocycles. The molecule has 0 saturated heterocycles. The highest BCUT2D eigenvalue weighted by Crippen LogP contribution is 2.31. The largest absolute Gasteiger partial charge is 0.367 e. The van der Waals surface area contributed by atoms with Crippen molar-refractivity contribution < 1.29 is 0 Å². The van der Waals surface area contributed by atoms with E-state index in [1.54, 1.807) is 12.4 Å². The highest BCUT2D eigenvalue weighted by molar-refractivity contribution is 5.59. The van der Waals surface area contributed by atoms with Gasteiger partial charge in [-0.2, -0.15) is 0 Å². The minimum atomic E-state index is 0.566. The smallest absolute Gasteiger partial charge is 0.222 e. The standard InChI is InChI=1S/C15H18N4/c1-12-11-13-5-2-3-6-14(13)19(12)10-9-18-15-16-7-4-8-17-15/h2-8,12H,9-11H2,1H3,(H,16,17,18). The van der Waals surface area contributed by atoms with Gasteiger partial charge in [-0.1, -0.05) is 18.2 Å². The van der Waals surface area contributed by atoms with Crippen LogP contribution in [0.15, 0.2) is 42.7 Å². The first kappa shape index (κ1) is 12.0. The molecule has 2 heterocycles. The Morgan fingerprint density at radius 2 is 2.00 bits per heavy atom. The van der Waals surface area contributed by atoms with Gasteiger partial charge in [0.15, 0.2) is 0 Å². The number of hydrogen-bond donors (Lipinski definition) is 1. The molecule has 0 saturated carbocycles. The number of fused-ring (bicyclic) bond motifs is 1. The van der Waals surface area contributed by atoms with E-state index in [2.05, 4.69) is 51.4 Å². The molecule has 2 aromatic rings. The van der Waals surface area contributed by atoms with Gasteiger partial charge >= 0.3 is 0 Å². The van der Waals surface area contributed by atoms with Crippen molar-refractivity contribution >= 4 is 11.6 Å². The lowest BCUT2D eigenvalue weighted by molar-refractivity contribution is 0.679. The molecule has 1 aromatic carbocycles. The van der Waals surface area contributed by atoms with Crippen LogP contribution in [-0.2, 0) is 6.42 Å². The van der Waals surface area contributed by atoms with E-state index in [1.807, 2.05) is 6.07 Å². The molecule has 19 heavy (non-hydrogen) atoms. The van der Waals surface area contributed by atoms with E-state index in [9.17, 15) is 0 Å². The van der Waals surface area contributed by atoms with Crippen LogP contribution in [0.5, 0.6) is 0 Å². The van der Waals surface area contributed by atoms with Gasteiger partial charge < -0.3 is 10.2 Å². The summed E-state index contributed by atoms with van der Waals surface area (Å²) < 4.78 is 0. The maximum absolute atomic E-state index is 4.17. The van der Waals surface area contributed by atoms with Gasteiger partial charge in [0, 0.05) is 37.2 Å². The van der Waals surface area contributed by atoms with E-state index in [1.165, 1.54) is 11.3 Å². The van der Waals surface area contributed by atoms with Gasteiger partial charge in [0.05, 0.1) is 0 Å². The van der Waals surface area contributed by atoms with Crippen LogP contribution in [0.2, 0.25) is 0 Å². The summed E-state index contributed by atoms with van der Waals surface area (Å²) in [4.78, 5) is 10.8. The van der Waals surface area contributed by atoms with Crippen molar-refractivity contribution in [2.75, 3.05) is 23.3 Å². The van der Waals surface area contributed by atoms with Crippen molar-refractivity contribution in [1.29, 1.82) is 0 Å². The van der Waals surface area contributed by atoms with E-state index in [0.717, 1.165) is 19.5 Å². The number of nitrogens with one attached hydrogen (secondary N) is 1. The monoisotopic (exact) mass is 254 g/mol. The van der Waals surface area contributed by atoms with Crippen LogP contribution in [-0.4, -0.2) is 29.1 Å². The van der Waals surface area contributed by atoms with E-state index < -0.39 is 0 Å². The van der Waals surface area contributed by atoms with Crippen LogP contribution in [0.4, 0.5) is 11.6 Å². The number of benzene rings is 1. The average Bonchev–Trinajstić information content (AvgIpc) is 2.76. The molecule has 0 radical (unpaired) electrons. The van der Waals surface area contributed by atoms with Crippen molar-refractivity contribution in [3.8, 4) is 0 Å². The first-order chi connectivity index (χ1) is 9.34. The Morgan fingerprint density at radius 3 is 2.84 bits per heavy atom. The maximum Gasteiger partial charge on any atom is 0.222 e. The zero-order chi connectivity index (χ0) is 13.1.